The second-order valence-corrected chi connectivity index (χ2v) is 2.11. The minimum Gasteiger partial charge on any atom is -0.489 e. The molecule has 0 spiro atoms. The molecule has 1 N–H and O–H groups in total. The standard InChI is InChI=1S/C7H8N2O4/c1-12-5-4(7(11)13-2)8-3-9-6(5)10/h3H,1-2H3,(H,8,9,10). The van der Waals surface area contributed by atoms with Gasteiger partial charge >= 0.3 is 5.97 Å². The lowest BCUT2D eigenvalue weighted by molar-refractivity contribution is 0.0589. The maximum Gasteiger partial charge on any atom is 0.360 e. The van der Waals surface area contributed by atoms with Crippen LogP contribution < -0.4 is 10.3 Å². The normalized spacial score (nSPS) is 9.38. The zero-order chi connectivity index (χ0) is 9.84. The summed E-state index contributed by atoms with van der Waals surface area (Å²) in [5, 5.41) is 0. The van der Waals surface area contributed by atoms with E-state index in [1.807, 2.05) is 0 Å². The molecule has 0 aliphatic carbocycles. The number of hydrogen-bond acceptors (Lipinski definition) is 5. The van der Waals surface area contributed by atoms with Gasteiger partial charge in [-0.3, -0.25) is 4.79 Å². The van der Waals surface area contributed by atoms with Gasteiger partial charge in [-0.1, -0.05) is 0 Å². The van der Waals surface area contributed by atoms with Crippen LogP contribution >= 0.6 is 0 Å². The summed E-state index contributed by atoms with van der Waals surface area (Å²) in [4.78, 5) is 28.0. The minimum atomic E-state index is -0.706. The Balaban J connectivity index is 3.28. The summed E-state index contributed by atoms with van der Waals surface area (Å²) in [6.45, 7) is 0. The number of methoxy groups -OCH3 is 2. The molecular formula is C7H8N2O4. The first-order valence-corrected chi connectivity index (χ1v) is 3.40. The van der Waals surface area contributed by atoms with Crippen LogP contribution in [0.15, 0.2) is 11.1 Å². The van der Waals surface area contributed by atoms with Crippen molar-refractivity contribution in [3.8, 4) is 5.75 Å². The summed E-state index contributed by atoms with van der Waals surface area (Å²) in [5.74, 6) is -0.850. The summed E-state index contributed by atoms with van der Waals surface area (Å²) >= 11 is 0. The molecule has 0 fully saturated rings. The van der Waals surface area contributed by atoms with Gasteiger partial charge in [-0.2, -0.15) is 0 Å². The van der Waals surface area contributed by atoms with Crippen molar-refractivity contribution in [2.45, 2.75) is 0 Å². The lowest BCUT2D eigenvalue weighted by Gasteiger charge is -2.02. The Morgan fingerprint density at radius 1 is 1.54 bits per heavy atom. The van der Waals surface area contributed by atoms with Crippen LogP contribution in [-0.4, -0.2) is 30.2 Å². The largest absolute Gasteiger partial charge is 0.489 e. The molecule has 1 aromatic rings. The Hall–Kier alpha value is -1.85. The van der Waals surface area contributed by atoms with Crippen LogP contribution in [0, 0.1) is 0 Å². The van der Waals surface area contributed by atoms with E-state index >= 15 is 0 Å². The first-order chi connectivity index (χ1) is 6.20. The molecule has 0 saturated carbocycles. The highest BCUT2D eigenvalue weighted by atomic mass is 16.5. The summed E-state index contributed by atoms with van der Waals surface area (Å²) in [6, 6.07) is 0. The predicted octanol–water partition coefficient (Wildman–Crippen LogP) is -0.435. The molecule has 0 saturated heterocycles. The van der Waals surface area contributed by atoms with Crippen molar-refractivity contribution in [1.29, 1.82) is 0 Å². The maximum atomic E-state index is 11.1. The molecule has 0 radical (unpaired) electrons. The number of rotatable bonds is 2. The highest BCUT2D eigenvalue weighted by molar-refractivity contribution is 5.89. The van der Waals surface area contributed by atoms with Gasteiger partial charge in [0, 0.05) is 0 Å². The number of carbonyl (C=O) groups is 1. The topological polar surface area (TPSA) is 81.3 Å². The fourth-order valence-electron chi connectivity index (χ4n) is 0.819. The Kier molecular flexibility index (Phi) is 2.63. The Morgan fingerprint density at radius 3 is 2.77 bits per heavy atom. The number of aromatic nitrogens is 2. The first kappa shape index (κ1) is 9.24. The predicted molar refractivity (Wildman–Crippen MR) is 42.7 cm³/mol. The molecule has 0 aliphatic rings. The molecule has 0 amide bonds. The highest BCUT2D eigenvalue weighted by Crippen LogP contribution is 2.08. The van der Waals surface area contributed by atoms with Crippen molar-refractivity contribution in [3.05, 3.63) is 22.4 Å². The number of nitrogens with zero attached hydrogens (tertiary/aromatic N) is 1. The third-order valence-corrected chi connectivity index (χ3v) is 1.39. The molecule has 1 heterocycles. The van der Waals surface area contributed by atoms with E-state index in [0.29, 0.717) is 0 Å². The molecule has 0 aliphatic heterocycles. The van der Waals surface area contributed by atoms with Crippen LogP contribution in [-0.2, 0) is 4.74 Å². The average molecular weight is 184 g/mol. The van der Waals surface area contributed by atoms with Crippen molar-refractivity contribution in [2.24, 2.45) is 0 Å². The molecule has 1 aromatic heterocycles. The van der Waals surface area contributed by atoms with Gasteiger partial charge in [0.15, 0.2) is 5.69 Å². The van der Waals surface area contributed by atoms with E-state index in [1.54, 1.807) is 0 Å². The van der Waals surface area contributed by atoms with E-state index in [4.69, 9.17) is 4.74 Å². The van der Waals surface area contributed by atoms with E-state index in [-0.39, 0.29) is 11.4 Å². The number of nitrogens with one attached hydrogen (secondary N) is 1. The summed E-state index contributed by atoms with van der Waals surface area (Å²) in [7, 11) is 2.48. The van der Waals surface area contributed by atoms with Crippen molar-refractivity contribution in [2.75, 3.05) is 14.2 Å². The van der Waals surface area contributed by atoms with Gasteiger partial charge in [-0.25, -0.2) is 9.78 Å². The van der Waals surface area contributed by atoms with Gasteiger partial charge in [0.05, 0.1) is 20.5 Å². The van der Waals surface area contributed by atoms with E-state index < -0.39 is 11.5 Å². The van der Waals surface area contributed by atoms with E-state index in [0.717, 1.165) is 6.33 Å². The number of carbonyl (C=O) groups excluding carboxylic acids is 1. The molecule has 0 atom stereocenters. The molecule has 0 unspecified atom stereocenters. The zero-order valence-corrected chi connectivity index (χ0v) is 7.16. The van der Waals surface area contributed by atoms with Crippen molar-refractivity contribution in [3.63, 3.8) is 0 Å². The monoisotopic (exact) mass is 184 g/mol. The third-order valence-electron chi connectivity index (χ3n) is 1.39. The van der Waals surface area contributed by atoms with Gasteiger partial charge in [0.1, 0.15) is 0 Å². The molecular weight excluding hydrogens is 176 g/mol. The van der Waals surface area contributed by atoms with Gasteiger partial charge in [0.2, 0.25) is 5.75 Å². The lowest BCUT2D eigenvalue weighted by Crippen LogP contribution is -2.17. The van der Waals surface area contributed by atoms with E-state index in [1.165, 1.54) is 14.2 Å². The minimum absolute atomic E-state index is 0.131. The number of ether oxygens (including phenoxy) is 2. The van der Waals surface area contributed by atoms with Crippen LogP contribution in [0.3, 0.4) is 0 Å². The van der Waals surface area contributed by atoms with Crippen LogP contribution in [0.5, 0.6) is 5.75 Å². The third kappa shape index (κ3) is 1.66. The molecule has 6 nitrogen and oxygen atoms in total. The first-order valence-electron chi connectivity index (χ1n) is 3.40. The van der Waals surface area contributed by atoms with Crippen molar-refractivity contribution < 1.29 is 14.3 Å². The van der Waals surface area contributed by atoms with Crippen LogP contribution in [0.2, 0.25) is 0 Å². The highest BCUT2D eigenvalue weighted by Gasteiger charge is 2.16. The van der Waals surface area contributed by atoms with Gasteiger partial charge in [0.25, 0.3) is 5.56 Å². The van der Waals surface area contributed by atoms with Gasteiger partial charge < -0.3 is 14.5 Å². The smallest absolute Gasteiger partial charge is 0.360 e. The molecule has 0 aromatic carbocycles. The molecule has 1 rings (SSSR count). The van der Waals surface area contributed by atoms with Crippen LogP contribution in [0.4, 0.5) is 0 Å². The quantitative estimate of drug-likeness (QED) is 0.630. The van der Waals surface area contributed by atoms with Crippen molar-refractivity contribution in [1.82, 2.24) is 9.97 Å². The Labute approximate surface area is 73.5 Å². The SMILES string of the molecule is COC(=O)c1nc[nH]c(=O)c1OC. The summed E-state index contributed by atoms with van der Waals surface area (Å²) in [6.07, 6.45) is 1.11. The summed E-state index contributed by atoms with van der Waals surface area (Å²) < 4.78 is 9.09. The fourth-order valence-corrected chi connectivity index (χ4v) is 0.819. The second-order valence-electron chi connectivity index (χ2n) is 2.11. The molecule has 0 bridgehead atoms. The number of hydrogen-bond donors (Lipinski definition) is 1. The zero-order valence-electron chi connectivity index (χ0n) is 7.16. The maximum absolute atomic E-state index is 11.1. The lowest BCUT2D eigenvalue weighted by atomic mass is 10.4. The number of H-pyrrole nitrogens is 1. The molecule has 13 heavy (non-hydrogen) atoms. The number of esters is 1. The second kappa shape index (κ2) is 3.70. The molecule has 70 valence electrons. The Bertz CT molecular complexity index is 371. The fraction of sp³-hybridized carbons (Fsp3) is 0.286. The van der Waals surface area contributed by atoms with E-state index in [2.05, 4.69) is 14.7 Å². The Morgan fingerprint density at radius 2 is 2.23 bits per heavy atom. The van der Waals surface area contributed by atoms with Gasteiger partial charge in [-0.05, 0) is 0 Å². The number of aromatic amines is 1. The van der Waals surface area contributed by atoms with Crippen LogP contribution in [0.1, 0.15) is 10.5 Å². The van der Waals surface area contributed by atoms with Gasteiger partial charge in [-0.15, -0.1) is 0 Å². The average Bonchev–Trinajstić information content (AvgIpc) is 2.16. The molecule has 6 heteroatoms. The van der Waals surface area contributed by atoms with Crippen LogP contribution in [0.25, 0.3) is 0 Å². The summed E-state index contributed by atoms with van der Waals surface area (Å²) in [5.41, 5.74) is -0.647. The van der Waals surface area contributed by atoms with E-state index in [9.17, 15) is 9.59 Å². The van der Waals surface area contributed by atoms with Crippen molar-refractivity contribution >= 4 is 5.97 Å².